The zero-order valence-corrected chi connectivity index (χ0v) is 8.86. The van der Waals surface area contributed by atoms with Crippen molar-refractivity contribution in [3.63, 3.8) is 0 Å². The van der Waals surface area contributed by atoms with Gasteiger partial charge in [-0.2, -0.15) is 0 Å². The molecule has 3 nitrogen and oxygen atoms in total. The molecule has 0 saturated carbocycles. The van der Waals surface area contributed by atoms with E-state index in [0.29, 0.717) is 6.04 Å². The molecule has 1 aliphatic rings. The molecule has 0 radical (unpaired) electrons. The Kier molecular flexibility index (Phi) is 3.02. The summed E-state index contributed by atoms with van der Waals surface area (Å²) in [4.78, 5) is 11.4. The lowest BCUT2D eigenvalue weighted by Gasteiger charge is -2.13. The highest BCUT2D eigenvalue weighted by Gasteiger charge is 2.28. The summed E-state index contributed by atoms with van der Waals surface area (Å²) in [7, 11) is 1.68. The van der Waals surface area contributed by atoms with E-state index in [2.05, 4.69) is 22.8 Å². The van der Waals surface area contributed by atoms with Gasteiger partial charge in [0.25, 0.3) is 0 Å². The molecule has 2 rings (SSSR count). The fourth-order valence-corrected chi connectivity index (χ4v) is 2.07. The number of rotatable bonds is 2. The van der Waals surface area contributed by atoms with E-state index in [4.69, 9.17) is 0 Å². The quantitative estimate of drug-likeness (QED) is 0.760. The minimum absolute atomic E-state index is 0.0276. The van der Waals surface area contributed by atoms with Crippen molar-refractivity contribution in [2.75, 3.05) is 7.05 Å². The molecule has 1 amide bonds. The minimum atomic E-state index is -0.0276. The van der Waals surface area contributed by atoms with E-state index in [1.807, 2.05) is 18.2 Å². The molecule has 1 fully saturated rings. The molecular weight excluding hydrogens is 188 g/mol. The van der Waals surface area contributed by atoms with E-state index in [0.717, 1.165) is 12.8 Å². The van der Waals surface area contributed by atoms with Crippen LogP contribution < -0.4 is 10.6 Å². The molecule has 0 aliphatic carbocycles. The van der Waals surface area contributed by atoms with Crippen molar-refractivity contribution in [1.29, 1.82) is 0 Å². The smallest absolute Gasteiger partial charge is 0.236 e. The highest BCUT2D eigenvalue weighted by Crippen LogP contribution is 2.26. The van der Waals surface area contributed by atoms with Crippen molar-refractivity contribution >= 4 is 5.91 Å². The summed E-state index contributed by atoms with van der Waals surface area (Å²) in [5.74, 6) is 0.0911. The van der Waals surface area contributed by atoms with E-state index < -0.39 is 0 Å². The third-order valence-corrected chi connectivity index (χ3v) is 2.91. The molecular formula is C12H16N2O. The van der Waals surface area contributed by atoms with Crippen LogP contribution in [0.15, 0.2) is 30.3 Å². The minimum Gasteiger partial charge on any atom is -0.358 e. The third kappa shape index (κ3) is 2.18. The van der Waals surface area contributed by atoms with Crippen LogP contribution in [0.5, 0.6) is 0 Å². The Labute approximate surface area is 89.9 Å². The van der Waals surface area contributed by atoms with Crippen LogP contribution >= 0.6 is 0 Å². The first-order valence-electron chi connectivity index (χ1n) is 5.34. The van der Waals surface area contributed by atoms with Gasteiger partial charge in [-0.05, 0) is 18.4 Å². The van der Waals surface area contributed by atoms with Crippen molar-refractivity contribution in [3.05, 3.63) is 35.9 Å². The van der Waals surface area contributed by atoms with Crippen LogP contribution in [-0.4, -0.2) is 19.0 Å². The van der Waals surface area contributed by atoms with Gasteiger partial charge in [-0.15, -0.1) is 0 Å². The second-order valence-electron chi connectivity index (χ2n) is 3.87. The molecule has 2 N–H and O–H groups in total. The molecule has 1 aliphatic heterocycles. The summed E-state index contributed by atoms with van der Waals surface area (Å²) in [6, 6.07) is 10.6. The summed E-state index contributed by atoms with van der Waals surface area (Å²) in [6.07, 6.45) is 1.95. The van der Waals surface area contributed by atoms with Crippen molar-refractivity contribution < 1.29 is 4.79 Å². The Morgan fingerprint density at radius 1 is 1.33 bits per heavy atom. The lowest BCUT2D eigenvalue weighted by molar-refractivity contribution is -0.122. The predicted octanol–water partition coefficient (Wildman–Crippen LogP) is 1.23. The van der Waals surface area contributed by atoms with Crippen LogP contribution in [0.25, 0.3) is 0 Å². The Hall–Kier alpha value is -1.35. The fraction of sp³-hybridized carbons (Fsp3) is 0.417. The van der Waals surface area contributed by atoms with Crippen molar-refractivity contribution in [2.24, 2.45) is 0 Å². The van der Waals surface area contributed by atoms with Crippen molar-refractivity contribution in [1.82, 2.24) is 10.6 Å². The molecule has 2 atom stereocenters. The molecule has 0 aromatic heterocycles. The van der Waals surface area contributed by atoms with Crippen molar-refractivity contribution in [2.45, 2.75) is 24.9 Å². The van der Waals surface area contributed by atoms with Gasteiger partial charge < -0.3 is 5.32 Å². The van der Waals surface area contributed by atoms with Gasteiger partial charge in [0.2, 0.25) is 5.91 Å². The zero-order valence-electron chi connectivity index (χ0n) is 8.86. The number of nitrogens with one attached hydrogen (secondary N) is 2. The molecule has 1 saturated heterocycles. The van der Waals surface area contributed by atoms with Crippen LogP contribution in [0.4, 0.5) is 0 Å². The van der Waals surface area contributed by atoms with Crippen LogP contribution in [0.3, 0.4) is 0 Å². The van der Waals surface area contributed by atoms with E-state index in [1.54, 1.807) is 7.05 Å². The van der Waals surface area contributed by atoms with E-state index in [1.165, 1.54) is 5.56 Å². The zero-order chi connectivity index (χ0) is 10.7. The van der Waals surface area contributed by atoms with Gasteiger partial charge in [0, 0.05) is 13.1 Å². The monoisotopic (exact) mass is 204 g/mol. The SMILES string of the molecule is CNC(=O)[C@H]1CC[C@@H](c2ccccc2)N1. The Balaban J connectivity index is 2.02. The standard InChI is InChI=1S/C12H16N2O/c1-13-12(15)11-8-7-10(14-11)9-5-3-2-4-6-9/h2-6,10-11,14H,7-8H2,1H3,(H,13,15)/t10-,11+/m0/s1. The predicted molar refractivity (Wildman–Crippen MR) is 59.4 cm³/mol. The highest BCUT2D eigenvalue weighted by molar-refractivity contribution is 5.81. The number of carbonyl (C=O) groups excluding carboxylic acids is 1. The maximum Gasteiger partial charge on any atom is 0.236 e. The van der Waals surface area contributed by atoms with E-state index >= 15 is 0 Å². The average Bonchev–Trinajstić information content (AvgIpc) is 2.78. The van der Waals surface area contributed by atoms with Crippen LogP contribution in [0.2, 0.25) is 0 Å². The third-order valence-electron chi connectivity index (χ3n) is 2.91. The van der Waals surface area contributed by atoms with Gasteiger partial charge >= 0.3 is 0 Å². The maximum absolute atomic E-state index is 11.4. The van der Waals surface area contributed by atoms with Crippen LogP contribution in [0, 0.1) is 0 Å². The first-order valence-corrected chi connectivity index (χ1v) is 5.34. The first-order chi connectivity index (χ1) is 7.31. The van der Waals surface area contributed by atoms with Gasteiger partial charge in [0.15, 0.2) is 0 Å². The molecule has 0 bridgehead atoms. The Morgan fingerprint density at radius 2 is 2.07 bits per heavy atom. The second kappa shape index (κ2) is 4.45. The number of hydrogen-bond donors (Lipinski definition) is 2. The van der Waals surface area contributed by atoms with Gasteiger partial charge in [-0.25, -0.2) is 0 Å². The van der Waals surface area contributed by atoms with Crippen LogP contribution in [0.1, 0.15) is 24.4 Å². The summed E-state index contributed by atoms with van der Waals surface area (Å²) in [6.45, 7) is 0. The first kappa shape index (κ1) is 10.2. The molecule has 80 valence electrons. The number of likely N-dealkylation sites (N-methyl/N-ethyl adjacent to an activating group) is 1. The summed E-state index contributed by atoms with van der Waals surface area (Å²) >= 11 is 0. The topological polar surface area (TPSA) is 41.1 Å². The van der Waals surface area contributed by atoms with Gasteiger partial charge in [-0.1, -0.05) is 30.3 Å². The molecule has 0 unspecified atom stereocenters. The molecule has 1 aromatic carbocycles. The van der Waals surface area contributed by atoms with Gasteiger partial charge in [0.05, 0.1) is 6.04 Å². The number of carbonyl (C=O) groups is 1. The largest absolute Gasteiger partial charge is 0.358 e. The average molecular weight is 204 g/mol. The number of benzene rings is 1. The normalized spacial score (nSPS) is 25.1. The molecule has 1 aromatic rings. The highest BCUT2D eigenvalue weighted by atomic mass is 16.2. The van der Waals surface area contributed by atoms with E-state index in [9.17, 15) is 4.79 Å². The van der Waals surface area contributed by atoms with Crippen LogP contribution in [-0.2, 0) is 4.79 Å². The lowest BCUT2D eigenvalue weighted by atomic mass is 10.1. The van der Waals surface area contributed by atoms with Crippen molar-refractivity contribution in [3.8, 4) is 0 Å². The molecule has 1 heterocycles. The maximum atomic E-state index is 11.4. The summed E-state index contributed by atoms with van der Waals surface area (Å²) < 4.78 is 0. The second-order valence-corrected chi connectivity index (χ2v) is 3.87. The summed E-state index contributed by atoms with van der Waals surface area (Å²) in [5.41, 5.74) is 1.27. The lowest BCUT2D eigenvalue weighted by Crippen LogP contribution is -2.39. The summed E-state index contributed by atoms with van der Waals surface area (Å²) in [5, 5.41) is 6.02. The number of hydrogen-bond acceptors (Lipinski definition) is 2. The fourth-order valence-electron chi connectivity index (χ4n) is 2.07. The molecule has 15 heavy (non-hydrogen) atoms. The Bertz CT molecular complexity index is 337. The van der Waals surface area contributed by atoms with Gasteiger partial charge in [-0.3, -0.25) is 10.1 Å². The van der Waals surface area contributed by atoms with E-state index in [-0.39, 0.29) is 11.9 Å². The van der Waals surface area contributed by atoms with Gasteiger partial charge in [0.1, 0.15) is 0 Å². The number of amides is 1. The Morgan fingerprint density at radius 3 is 2.73 bits per heavy atom. The molecule has 0 spiro atoms. The molecule has 3 heteroatoms.